The molecule has 0 radical (unpaired) electrons. The summed E-state index contributed by atoms with van der Waals surface area (Å²) in [6.07, 6.45) is 7.29. The number of piperidine rings is 1. The van der Waals surface area contributed by atoms with Gasteiger partial charge in [0.15, 0.2) is 0 Å². The van der Waals surface area contributed by atoms with E-state index in [2.05, 4.69) is 10.2 Å². The molecule has 2 unspecified atom stereocenters. The minimum atomic E-state index is 0.433. The lowest BCUT2D eigenvalue weighted by Crippen LogP contribution is -2.43. The summed E-state index contributed by atoms with van der Waals surface area (Å²) < 4.78 is 0. The predicted octanol–water partition coefficient (Wildman–Crippen LogP) is 1.63. The molecule has 3 nitrogen and oxygen atoms in total. The van der Waals surface area contributed by atoms with E-state index in [4.69, 9.17) is 0 Å². The first-order valence-electron chi connectivity index (χ1n) is 7.31. The van der Waals surface area contributed by atoms with E-state index < -0.39 is 0 Å². The first-order valence-corrected chi connectivity index (χ1v) is 7.31. The van der Waals surface area contributed by atoms with Crippen LogP contribution in [-0.2, 0) is 4.79 Å². The van der Waals surface area contributed by atoms with Crippen LogP contribution in [0.5, 0.6) is 0 Å². The zero-order valence-corrected chi connectivity index (χ0v) is 10.7. The Bertz CT molecular complexity index is 286. The third kappa shape index (κ3) is 2.49. The van der Waals surface area contributed by atoms with Crippen LogP contribution in [0.25, 0.3) is 0 Å². The number of likely N-dealkylation sites (tertiary alicyclic amines) is 1. The number of nitrogens with one attached hydrogen (secondary N) is 1. The lowest BCUT2D eigenvalue weighted by molar-refractivity contribution is -0.134. The van der Waals surface area contributed by atoms with E-state index in [9.17, 15) is 4.79 Å². The molecule has 96 valence electrons. The van der Waals surface area contributed by atoms with Gasteiger partial charge in [-0.2, -0.15) is 0 Å². The molecule has 2 aliphatic heterocycles. The molecule has 1 N–H and O–H groups in total. The maximum Gasteiger partial charge on any atom is 0.222 e. The zero-order valence-electron chi connectivity index (χ0n) is 10.7. The molecule has 0 aromatic heterocycles. The van der Waals surface area contributed by atoms with Crippen molar-refractivity contribution < 1.29 is 4.79 Å². The fourth-order valence-electron chi connectivity index (χ4n) is 3.85. The number of carbonyl (C=O) groups is 1. The molecule has 3 rings (SSSR count). The second-order valence-electron chi connectivity index (χ2n) is 6.16. The largest absolute Gasteiger partial charge is 0.342 e. The molecule has 3 fully saturated rings. The number of nitrogens with zero attached hydrogens (tertiary/aromatic N) is 1. The van der Waals surface area contributed by atoms with Crippen LogP contribution < -0.4 is 5.32 Å². The minimum absolute atomic E-state index is 0.433. The van der Waals surface area contributed by atoms with E-state index in [1.165, 1.54) is 38.6 Å². The van der Waals surface area contributed by atoms with Crippen LogP contribution in [0.4, 0.5) is 0 Å². The maximum absolute atomic E-state index is 12.2. The molecule has 17 heavy (non-hydrogen) atoms. The molecule has 0 aromatic rings. The Hall–Kier alpha value is -0.570. The van der Waals surface area contributed by atoms with E-state index in [-0.39, 0.29) is 0 Å². The SMILES string of the molecule is O=C(CC1CCCC1)N1CCC2CNCC2C1. The molecular formula is C14H24N2O. The van der Waals surface area contributed by atoms with Gasteiger partial charge in [0.05, 0.1) is 0 Å². The summed E-state index contributed by atoms with van der Waals surface area (Å²) >= 11 is 0. The van der Waals surface area contributed by atoms with Crippen molar-refractivity contribution in [2.45, 2.75) is 38.5 Å². The van der Waals surface area contributed by atoms with E-state index in [0.717, 1.165) is 37.9 Å². The number of hydrogen-bond donors (Lipinski definition) is 1. The highest BCUT2D eigenvalue weighted by molar-refractivity contribution is 5.76. The average molecular weight is 236 g/mol. The highest BCUT2D eigenvalue weighted by Gasteiger charge is 2.34. The van der Waals surface area contributed by atoms with Gasteiger partial charge < -0.3 is 10.2 Å². The second kappa shape index (κ2) is 4.97. The van der Waals surface area contributed by atoms with Crippen molar-refractivity contribution >= 4 is 5.91 Å². The smallest absolute Gasteiger partial charge is 0.222 e. The van der Waals surface area contributed by atoms with Crippen molar-refractivity contribution in [3.05, 3.63) is 0 Å². The van der Waals surface area contributed by atoms with Crippen molar-refractivity contribution in [3.63, 3.8) is 0 Å². The number of amides is 1. The van der Waals surface area contributed by atoms with E-state index in [1.807, 2.05) is 0 Å². The van der Waals surface area contributed by atoms with Gasteiger partial charge in [0.2, 0.25) is 5.91 Å². The van der Waals surface area contributed by atoms with Gasteiger partial charge in [0, 0.05) is 19.5 Å². The quantitative estimate of drug-likeness (QED) is 0.790. The molecular weight excluding hydrogens is 212 g/mol. The van der Waals surface area contributed by atoms with Crippen molar-refractivity contribution in [1.82, 2.24) is 10.2 Å². The van der Waals surface area contributed by atoms with Crippen LogP contribution in [0.2, 0.25) is 0 Å². The lowest BCUT2D eigenvalue weighted by Gasteiger charge is -2.35. The van der Waals surface area contributed by atoms with Crippen molar-refractivity contribution in [2.75, 3.05) is 26.2 Å². The van der Waals surface area contributed by atoms with Crippen molar-refractivity contribution in [3.8, 4) is 0 Å². The van der Waals surface area contributed by atoms with Crippen LogP contribution in [-0.4, -0.2) is 37.0 Å². The van der Waals surface area contributed by atoms with Gasteiger partial charge >= 0.3 is 0 Å². The maximum atomic E-state index is 12.2. The third-order valence-electron chi connectivity index (χ3n) is 5.00. The topological polar surface area (TPSA) is 32.3 Å². The van der Waals surface area contributed by atoms with E-state index in [1.54, 1.807) is 0 Å². The Labute approximate surface area is 104 Å². The van der Waals surface area contributed by atoms with Gasteiger partial charge in [-0.15, -0.1) is 0 Å². The summed E-state index contributed by atoms with van der Waals surface area (Å²) in [5, 5.41) is 3.46. The third-order valence-corrected chi connectivity index (χ3v) is 5.00. The van der Waals surface area contributed by atoms with Gasteiger partial charge in [-0.25, -0.2) is 0 Å². The van der Waals surface area contributed by atoms with Crippen molar-refractivity contribution in [2.24, 2.45) is 17.8 Å². The molecule has 3 heteroatoms. The molecule has 2 heterocycles. The van der Waals surface area contributed by atoms with Crippen LogP contribution in [0, 0.1) is 17.8 Å². The van der Waals surface area contributed by atoms with Gasteiger partial charge in [0.25, 0.3) is 0 Å². The monoisotopic (exact) mass is 236 g/mol. The molecule has 1 amide bonds. The molecule has 1 aliphatic carbocycles. The highest BCUT2D eigenvalue weighted by atomic mass is 16.2. The summed E-state index contributed by atoms with van der Waals surface area (Å²) in [4.78, 5) is 14.4. The van der Waals surface area contributed by atoms with E-state index in [0.29, 0.717) is 11.8 Å². The Morgan fingerprint density at radius 3 is 2.71 bits per heavy atom. The fourth-order valence-corrected chi connectivity index (χ4v) is 3.85. The Morgan fingerprint density at radius 2 is 1.88 bits per heavy atom. The summed E-state index contributed by atoms with van der Waals surface area (Å²) in [5.74, 6) is 2.70. The molecule has 0 bridgehead atoms. The van der Waals surface area contributed by atoms with Gasteiger partial charge in [-0.05, 0) is 50.1 Å². The van der Waals surface area contributed by atoms with Crippen LogP contribution in [0.1, 0.15) is 38.5 Å². The normalized spacial score (nSPS) is 34.0. The molecule has 2 atom stereocenters. The summed E-state index contributed by atoms with van der Waals surface area (Å²) in [6, 6.07) is 0. The number of fused-ring (bicyclic) bond motifs is 1. The summed E-state index contributed by atoms with van der Waals surface area (Å²) in [5.41, 5.74) is 0. The fraction of sp³-hybridized carbons (Fsp3) is 0.929. The zero-order chi connectivity index (χ0) is 11.7. The van der Waals surface area contributed by atoms with Gasteiger partial charge in [-0.1, -0.05) is 12.8 Å². The Kier molecular flexibility index (Phi) is 3.37. The minimum Gasteiger partial charge on any atom is -0.342 e. The first-order chi connectivity index (χ1) is 8.33. The van der Waals surface area contributed by atoms with E-state index >= 15 is 0 Å². The number of rotatable bonds is 2. The lowest BCUT2D eigenvalue weighted by atomic mass is 9.88. The molecule has 0 spiro atoms. The van der Waals surface area contributed by atoms with Crippen LogP contribution >= 0.6 is 0 Å². The second-order valence-corrected chi connectivity index (χ2v) is 6.16. The Morgan fingerprint density at radius 1 is 1.12 bits per heavy atom. The van der Waals surface area contributed by atoms with Crippen molar-refractivity contribution in [1.29, 1.82) is 0 Å². The first kappa shape index (κ1) is 11.5. The highest BCUT2D eigenvalue weighted by Crippen LogP contribution is 2.30. The number of hydrogen-bond acceptors (Lipinski definition) is 2. The predicted molar refractivity (Wildman–Crippen MR) is 67.6 cm³/mol. The molecule has 2 saturated heterocycles. The van der Waals surface area contributed by atoms with Gasteiger partial charge in [0.1, 0.15) is 0 Å². The number of carbonyl (C=O) groups excluding carboxylic acids is 1. The Balaban J connectivity index is 1.51. The summed E-state index contributed by atoms with van der Waals surface area (Å²) in [6.45, 7) is 4.32. The van der Waals surface area contributed by atoms with Crippen LogP contribution in [0.3, 0.4) is 0 Å². The van der Waals surface area contributed by atoms with Crippen LogP contribution in [0.15, 0.2) is 0 Å². The molecule has 0 aromatic carbocycles. The average Bonchev–Trinajstić information content (AvgIpc) is 2.97. The standard InChI is InChI=1S/C14H24N2O/c17-14(7-11-3-1-2-4-11)16-6-5-12-8-15-9-13(12)10-16/h11-13,15H,1-10H2. The molecule has 3 aliphatic rings. The summed E-state index contributed by atoms with van der Waals surface area (Å²) in [7, 11) is 0. The molecule has 1 saturated carbocycles. The van der Waals surface area contributed by atoms with Gasteiger partial charge in [-0.3, -0.25) is 4.79 Å².